The van der Waals surface area contributed by atoms with E-state index in [0.717, 1.165) is 16.8 Å². The van der Waals surface area contributed by atoms with Crippen LogP contribution in [0.3, 0.4) is 0 Å². The van der Waals surface area contributed by atoms with Gasteiger partial charge in [-0.3, -0.25) is 4.79 Å². The van der Waals surface area contributed by atoms with Crippen LogP contribution < -0.4 is 24.4 Å². The van der Waals surface area contributed by atoms with E-state index in [4.69, 9.17) is 14.2 Å². The molecule has 0 fully saturated rings. The molecule has 0 aliphatic heterocycles. The van der Waals surface area contributed by atoms with E-state index >= 15 is 0 Å². The maximum atomic E-state index is 12.4. The Hall–Kier alpha value is -2.89. The Balaban J connectivity index is 2.02. The fourth-order valence-electron chi connectivity index (χ4n) is 3.03. The zero-order chi connectivity index (χ0) is 20.0. The topological polar surface area (TPSA) is 60.0 Å². The minimum absolute atomic E-state index is 0.0637. The fourth-order valence-corrected chi connectivity index (χ4v) is 3.03. The van der Waals surface area contributed by atoms with E-state index in [0.29, 0.717) is 23.8 Å². The molecule has 0 radical (unpaired) electrons. The van der Waals surface area contributed by atoms with E-state index in [1.165, 1.54) is 5.56 Å². The average Bonchev–Trinajstić information content (AvgIpc) is 2.65. The highest BCUT2D eigenvalue weighted by Gasteiger charge is 2.14. The summed E-state index contributed by atoms with van der Waals surface area (Å²) in [4.78, 5) is 14.3. The number of methoxy groups -OCH3 is 3. The van der Waals surface area contributed by atoms with Gasteiger partial charge in [0.05, 0.1) is 27.9 Å². The van der Waals surface area contributed by atoms with E-state index in [9.17, 15) is 4.79 Å². The molecule has 2 aromatic carbocycles. The minimum atomic E-state index is -0.0637. The van der Waals surface area contributed by atoms with Crippen LogP contribution in [0.2, 0.25) is 0 Å². The lowest BCUT2D eigenvalue weighted by Gasteiger charge is -2.21. The van der Waals surface area contributed by atoms with Gasteiger partial charge in [-0.25, -0.2) is 0 Å². The van der Waals surface area contributed by atoms with Gasteiger partial charge >= 0.3 is 0 Å². The molecule has 0 atom stereocenters. The second-order valence-corrected chi connectivity index (χ2v) is 6.46. The van der Waals surface area contributed by atoms with E-state index in [-0.39, 0.29) is 12.5 Å². The SMILES string of the molecule is COc1cc(CNC(=O)CN(C)c2ccc(C)cc2C)cc(OC)c1OC. The van der Waals surface area contributed by atoms with E-state index in [1.54, 1.807) is 21.3 Å². The predicted octanol–water partition coefficient (Wildman–Crippen LogP) is 3.08. The first kappa shape index (κ1) is 20.4. The monoisotopic (exact) mass is 372 g/mol. The first-order valence-corrected chi connectivity index (χ1v) is 8.73. The smallest absolute Gasteiger partial charge is 0.239 e. The molecule has 146 valence electrons. The zero-order valence-electron chi connectivity index (χ0n) is 16.9. The first-order valence-electron chi connectivity index (χ1n) is 8.73. The molecule has 0 saturated carbocycles. The number of nitrogens with one attached hydrogen (secondary N) is 1. The van der Waals surface area contributed by atoms with Crippen molar-refractivity contribution < 1.29 is 19.0 Å². The number of amides is 1. The molecule has 0 bridgehead atoms. The summed E-state index contributed by atoms with van der Waals surface area (Å²) in [6.07, 6.45) is 0. The standard InChI is InChI=1S/C21H28N2O4/c1-14-7-8-17(15(2)9-14)23(3)13-20(24)22-12-16-10-18(25-4)21(27-6)19(11-16)26-5/h7-11H,12-13H2,1-6H3,(H,22,24). The lowest BCUT2D eigenvalue weighted by atomic mass is 10.1. The summed E-state index contributed by atoms with van der Waals surface area (Å²) >= 11 is 0. The molecular formula is C21H28N2O4. The van der Waals surface area contributed by atoms with Crippen LogP contribution in [0.5, 0.6) is 17.2 Å². The highest BCUT2D eigenvalue weighted by Crippen LogP contribution is 2.38. The molecule has 0 aliphatic rings. The Kier molecular flexibility index (Phi) is 6.93. The number of ether oxygens (including phenoxy) is 3. The van der Waals surface area contributed by atoms with Crippen molar-refractivity contribution in [2.24, 2.45) is 0 Å². The van der Waals surface area contributed by atoms with Crippen LogP contribution in [0.15, 0.2) is 30.3 Å². The number of hydrogen-bond acceptors (Lipinski definition) is 5. The fraction of sp³-hybridized carbons (Fsp3) is 0.381. The van der Waals surface area contributed by atoms with Crippen molar-refractivity contribution in [3.05, 3.63) is 47.0 Å². The second-order valence-electron chi connectivity index (χ2n) is 6.46. The number of aryl methyl sites for hydroxylation is 2. The molecule has 1 amide bonds. The molecule has 0 unspecified atom stereocenters. The van der Waals surface area contributed by atoms with Crippen molar-refractivity contribution in [1.82, 2.24) is 5.32 Å². The van der Waals surface area contributed by atoms with Crippen LogP contribution in [0.4, 0.5) is 5.69 Å². The van der Waals surface area contributed by atoms with Crippen molar-refractivity contribution in [2.75, 3.05) is 39.8 Å². The van der Waals surface area contributed by atoms with Gasteiger partial charge in [-0.05, 0) is 43.2 Å². The molecule has 6 heteroatoms. The van der Waals surface area contributed by atoms with Crippen molar-refractivity contribution in [3.63, 3.8) is 0 Å². The van der Waals surface area contributed by atoms with Gasteiger partial charge in [0.2, 0.25) is 11.7 Å². The summed E-state index contributed by atoms with van der Waals surface area (Å²) in [5.41, 5.74) is 4.27. The second kappa shape index (κ2) is 9.16. The molecule has 0 aliphatic carbocycles. The summed E-state index contributed by atoms with van der Waals surface area (Å²) in [6, 6.07) is 9.86. The van der Waals surface area contributed by atoms with Crippen LogP contribution in [0.1, 0.15) is 16.7 Å². The van der Waals surface area contributed by atoms with E-state index in [2.05, 4.69) is 18.3 Å². The van der Waals surface area contributed by atoms with Crippen LogP contribution >= 0.6 is 0 Å². The molecule has 2 rings (SSSR count). The molecule has 6 nitrogen and oxygen atoms in total. The maximum absolute atomic E-state index is 12.4. The predicted molar refractivity (Wildman–Crippen MR) is 107 cm³/mol. The van der Waals surface area contributed by atoms with Gasteiger partial charge in [-0.15, -0.1) is 0 Å². The number of benzene rings is 2. The molecular weight excluding hydrogens is 344 g/mol. The Labute approximate surface area is 161 Å². The number of likely N-dealkylation sites (N-methyl/N-ethyl adjacent to an activating group) is 1. The molecule has 0 aromatic heterocycles. The van der Waals surface area contributed by atoms with Crippen LogP contribution in [-0.4, -0.2) is 40.8 Å². The molecule has 27 heavy (non-hydrogen) atoms. The van der Waals surface area contributed by atoms with Gasteiger partial charge in [0, 0.05) is 19.3 Å². The van der Waals surface area contributed by atoms with E-state index < -0.39 is 0 Å². The summed E-state index contributed by atoms with van der Waals surface area (Å²) < 4.78 is 16.0. The van der Waals surface area contributed by atoms with Gasteiger partial charge in [-0.1, -0.05) is 17.7 Å². The third-order valence-corrected chi connectivity index (χ3v) is 4.36. The molecule has 2 aromatic rings. The van der Waals surface area contributed by atoms with E-state index in [1.807, 2.05) is 43.1 Å². The molecule has 0 heterocycles. The third kappa shape index (κ3) is 5.06. The molecule has 0 saturated heterocycles. The Morgan fingerprint density at radius 3 is 2.15 bits per heavy atom. The van der Waals surface area contributed by atoms with Gasteiger partial charge in [0.25, 0.3) is 0 Å². The average molecular weight is 372 g/mol. The number of anilines is 1. The Bertz CT molecular complexity index is 780. The lowest BCUT2D eigenvalue weighted by Crippen LogP contribution is -2.35. The van der Waals surface area contributed by atoms with Crippen molar-refractivity contribution in [1.29, 1.82) is 0 Å². The summed E-state index contributed by atoms with van der Waals surface area (Å²) in [5, 5.41) is 2.94. The van der Waals surface area contributed by atoms with Crippen molar-refractivity contribution in [3.8, 4) is 17.2 Å². The number of hydrogen-bond donors (Lipinski definition) is 1. The number of rotatable bonds is 8. The lowest BCUT2D eigenvalue weighted by molar-refractivity contribution is -0.119. The van der Waals surface area contributed by atoms with Gasteiger partial charge < -0.3 is 24.4 Å². The van der Waals surface area contributed by atoms with Crippen LogP contribution in [0.25, 0.3) is 0 Å². The Morgan fingerprint density at radius 1 is 1.00 bits per heavy atom. The minimum Gasteiger partial charge on any atom is -0.493 e. The Morgan fingerprint density at radius 2 is 1.63 bits per heavy atom. The number of carbonyl (C=O) groups excluding carboxylic acids is 1. The first-order chi connectivity index (χ1) is 12.9. The molecule has 0 spiro atoms. The maximum Gasteiger partial charge on any atom is 0.239 e. The van der Waals surface area contributed by atoms with Crippen LogP contribution in [-0.2, 0) is 11.3 Å². The number of nitrogens with zero attached hydrogens (tertiary/aromatic N) is 1. The van der Waals surface area contributed by atoms with Crippen LogP contribution in [0, 0.1) is 13.8 Å². The normalized spacial score (nSPS) is 10.3. The van der Waals surface area contributed by atoms with Gasteiger partial charge in [-0.2, -0.15) is 0 Å². The molecule has 1 N–H and O–H groups in total. The van der Waals surface area contributed by atoms with Crippen molar-refractivity contribution in [2.45, 2.75) is 20.4 Å². The zero-order valence-corrected chi connectivity index (χ0v) is 16.9. The van der Waals surface area contributed by atoms with Crippen molar-refractivity contribution >= 4 is 11.6 Å². The largest absolute Gasteiger partial charge is 0.493 e. The highest BCUT2D eigenvalue weighted by molar-refractivity contribution is 5.81. The quantitative estimate of drug-likeness (QED) is 0.772. The van der Waals surface area contributed by atoms with Gasteiger partial charge in [0.1, 0.15) is 0 Å². The number of carbonyl (C=O) groups is 1. The summed E-state index contributed by atoms with van der Waals surface area (Å²) in [6.45, 7) is 4.75. The third-order valence-electron chi connectivity index (χ3n) is 4.36. The van der Waals surface area contributed by atoms with Gasteiger partial charge in [0.15, 0.2) is 11.5 Å². The summed E-state index contributed by atoms with van der Waals surface area (Å²) in [5.74, 6) is 1.60. The summed E-state index contributed by atoms with van der Waals surface area (Å²) in [7, 11) is 6.61. The highest BCUT2D eigenvalue weighted by atomic mass is 16.5.